The molecule has 0 fully saturated rings. The Labute approximate surface area is 159 Å². The van der Waals surface area contributed by atoms with E-state index in [-0.39, 0.29) is 12.4 Å². The highest BCUT2D eigenvalue weighted by atomic mass is 32.2. The van der Waals surface area contributed by atoms with Crippen molar-refractivity contribution in [1.29, 1.82) is 0 Å². The quantitative estimate of drug-likeness (QED) is 0.679. The molecule has 1 heterocycles. The van der Waals surface area contributed by atoms with Gasteiger partial charge in [-0.15, -0.1) is 0 Å². The summed E-state index contributed by atoms with van der Waals surface area (Å²) in [6.45, 7) is 4.12. The van der Waals surface area contributed by atoms with Crippen molar-refractivity contribution in [2.45, 2.75) is 31.6 Å². The Morgan fingerprint density at radius 3 is 2.63 bits per heavy atom. The SMILES string of the molecule is CCCC1=Cc2cc(S(C)(=O)=O)ccc2/C1=C\c1ccc(C(=O)OCC)o1. The van der Waals surface area contributed by atoms with E-state index in [0.29, 0.717) is 10.7 Å². The fourth-order valence-corrected chi connectivity index (χ4v) is 3.76. The molecule has 2 aromatic rings. The number of hydrogen-bond donors (Lipinski definition) is 0. The lowest BCUT2D eigenvalue weighted by Gasteiger charge is -2.07. The molecule has 0 spiro atoms. The highest BCUT2D eigenvalue weighted by Gasteiger charge is 2.21. The second-order valence-corrected chi connectivity index (χ2v) is 8.44. The van der Waals surface area contributed by atoms with Gasteiger partial charge in [-0.3, -0.25) is 0 Å². The molecule has 0 unspecified atom stereocenters. The van der Waals surface area contributed by atoms with Gasteiger partial charge in [0, 0.05) is 6.26 Å². The van der Waals surface area contributed by atoms with E-state index < -0.39 is 15.8 Å². The maximum Gasteiger partial charge on any atom is 0.374 e. The maximum absolute atomic E-state index is 11.8. The Morgan fingerprint density at radius 1 is 1.19 bits per heavy atom. The first-order valence-electron chi connectivity index (χ1n) is 8.87. The highest BCUT2D eigenvalue weighted by Crippen LogP contribution is 2.40. The Kier molecular flexibility index (Phi) is 5.37. The molecule has 1 aliphatic carbocycles. The van der Waals surface area contributed by atoms with Gasteiger partial charge in [0.05, 0.1) is 11.5 Å². The third kappa shape index (κ3) is 4.06. The first kappa shape index (κ1) is 19.2. The van der Waals surface area contributed by atoms with Gasteiger partial charge in [0.2, 0.25) is 5.76 Å². The van der Waals surface area contributed by atoms with E-state index >= 15 is 0 Å². The van der Waals surface area contributed by atoms with Gasteiger partial charge in [-0.2, -0.15) is 0 Å². The summed E-state index contributed by atoms with van der Waals surface area (Å²) in [5, 5.41) is 0. The molecule has 0 N–H and O–H groups in total. The number of fused-ring (bicyclic) bond motifs is 1. The lowest BCUT2D eigenvalue weighted by molar-refractivity contribution is 0.0489. The maximum atomic E-state index is 11.8. The van der Waals surface area contributed by atoms with Gasteiger partial charge in [0.1, 0.15) is 5.76 Å². The number of sulfone groups is 1. The topological polar surface area (TPSA) is 73.6 Å². The molecule has 0 bridgehead atoms. The van der Waals surface area contributed by atoms with E-state index in [1.165, 1.54) is 6.26 Å². The number of hydrogen-bond acceptors (Lipinski definition) is 5. The first-order chi connectivity index (χ1) is 12.8. The van der Waals surface area contributed by atoms with Crippen LogP contribution >= 0.6 is 0 Å². The van der Waals surface area contributed by atoms with Crippen molar-refractivity contribution >= 4 is 33.5 Å². The number of benzene rings is 1. The standard InChI is InChI=1S/C21H22O5S/c1-4-6-14-11-15-12-17(27(3,23)24)8-9-18(15)19(14)13-16-7-10-20(26-16)21(22)25-5-2/h7-13H,4-6H2,1-3H3/b19-13-. The monoisotopic (exact) mass is 386 g/mol. The molecule has 142 valence electrons. The lowest BCUT2D eigenvalue weighted by atomic mass is 9.99. The molecule has 6 heteroatoms. The second kappa shape index (κ2) is 7.56. The Bertz CT molecular complexity index is 1040. The van der Waals surface area contributed by atoms with Gasteiger partial charge in [-0.1, -0.05) is 25.5 Å². The number of esters is 1. The highest BCUT2D eigenvalue weighted by molar-refractivity contribution is 7.90. The average Bonchev–Trinajstić information content (AvgIpc) is 3.20. The average molecular weight is 386 g/mol. The number of furan rings is 1. The van der Waals surface area contributed by atoms with Crippen LogP contribution in [0.5, 0.6) is 0 Å². The van der Waals surface area contributed by atoms with Crippen LogP contribution in [0.1, 0.15) is 54.1 Å². The van der Waals surface area contributed by atoms with Crippen molar-refractivity contribution in [2.24, 2.45) is 0 Å². The molecule has 0 radical (unpaired) electrons. The fraction of sp³-hybridized carbons (Fsp3) is 0.286. The van der Waals surface area contributed by atoms with E-state index in [4.69, 9.17) is 9.15 Å². The zero-order valence-electron chi connectivity index (χ0n) is 15.6. The number of carbonyl (C=O) groups excluding carboxylic acids is 1. The normalized spacial score (nSPS) is 14.9. The minimum Gasteiger partial charge on any atom is -0.460 e. The van der Waals surface area contributed by atoms with Crippen LogP contribution in [-0.2, 0) is 14.6 Å². The summed E-state index contributed by atoms with van der Waals surface area (Å²) < 4.78 is 34.2. The second-order valence-electron chi connectivity index (χ2n) is 6.42. The van der Waals surface area contributed by atoms with Crippen LogP contribution in [0.25, 0.3) is 17.7 Å². The zero-order valence-corrected chi connectivity index (χ0v) is 16.4. The molecule has 0 atom stereocenters. The summed E-state index contributed by atoms with van der Waals surface area (Å²) in [7, 11) is -3.26. The van der Waals surface area contributed by atoms with Crippen LogP contribution in [0.4, 0.5) is 0 Å². The Hall–Kier alpha value is -2.60. The smallest absolute Gasteiger partial charge is 0.374 e. The minimum absolute atomic E-state index is 0.162. The van der Waals surface area contributed by atoms with Gasteiger partial charge in [-0.05, 0) is 66.0 Å². The van der Waals surface area contributed by atoms with Crippen LogP contribution < -0.4 is 0 Å². The van der Waals surface area contributed by atoms with Gasteiger partial charge in [0.25, 0.3) is 0 Å². The first-order valence-corrected chi connectivity index (χ1v) is 10.8. The molecule has 0 saturated heterocycles. The van der Waals surface area contributed by atoms with Crippen molar-refractivity contribution in [3.8, 4) is 0 Å². The third-order valence-corrected chi connectivity index (χ3v) is 5.44. The molecule has 5 nitrogen and oxygen atoms in total. The fourth-order valence-electron chi connectivity index (χ4n) is 3.11. The number of carbonyl (C=O) groups is 1. The van der Waals surface area contributed by atoms with E-state index in [1.807, 2.05) is 18.2 Å². The van der Waals surface area contributed by atoms with Crippen molar-refractivity contribution < 1.29 is 22.4 Å². The summed E-state index contributed by atoms with van der Waals surface area (Å²) in [5.74, 6) is 0.224. The molecule has 3 rings (SSSR count). The Balaban J connectivity index is 2.01. The van der Waals surface area contributed by atoms with E-state index in [0.717, 1.165) is 35.1 Å². The molecule has 1 aliphatic rings. The molecule has 1 aromatic carbocycles. The van der Waals surface area contributed by atoms with E-state index in [9.17, 15) is 13.2 Å². The van der Waals surface area contributed by atoms with Crippen LogP contribution in [-0.4, -0.2) is 27.2 Å². The minimum atomic E-state index is -3.26. The summed E-state index contributed by atoms with van der Waals surface area (Å²) >= 11 is 0. The summed E-state index contributed by atoms with van der Waals surface area (Å²) in [6, 6.07) is 8.47. The van der Waals surface area contributed by atoms with Crippen molar-refractivity contribution in [3.05, 3.63) is 58.6 Å². The number of rotatable bonds is 6. The van der Waals surface area contributed by atoms with Crippen LogP contribution in [0, 0.1) is 0 Å². The third-order valence-electron chi connectivity index (χ3n) is 4.33. The Morgan fingerprint density at radius 2 is 1.96 bits per heavy atom. The largest absolute Gasteiger partial charge is 0.460 e. The molecule has 0 amide bonds. The van der Waals surface area contributed by atoms with Gasteiger partial charge in [0.15, 0.2) is 9.84 Å². The molecule has 0 saturated carbocycles. The predicted octanol–water partition coefficient (Wildman–Crippen LogP) is 4.60. The van der Waals surface area contributed by atoms with Crippen LogP contribution in [0.15, 0.2) is 45.2 Å². The molecular formula is C21H22O5S. The molecule has 27 heavy (non-hydrogen) atoms. The summed E-state index contributed by atoms with van der Waals surface area (Å²) in [4.78, 5) is 12.1. The molecule has 1 aromatic heterocycles. The van der Waals surface area contributed by atoms with E-state index in [1.54, 1.807) is 31.2 Å². The molecule has 0 aliphatic heterocycles. The van der Waals surface area contributed by atoms with Gasteiger partial charge in [-0.25, -0.2) is 13.2 Å². The summed E-state index contributed by atoms with van der Waals surface area (Å²) in [5.41, 5.74) is 3.94. The summed E-state index contributed by atoms with van der Waals surface area (Å²) in [6.07, 6.45) is 6.93. The van der Waals surface area contributed by atoms with Crippen molar-refractivity contribution in [2.75, 3.05) is 12.9 Å². The van der Waals surface area contributed by atoms with Crippen molar-refractivity contribution in [1.82, 2.24) is 0 Å². The molecular weight excluding hydrogens is 364 g/mol. The number of ether oxygens (including phenoxy) is 1. The van der Waals surface area contributed by atoms with E-state index in [2.05, 4.69) is 6.92 Å². The van der Waals surface area contributed by atoms with Gasteiger partial charge < -0.3 is 9.15 Å². The predicted molar refractivity (Wildman–Crippen MR) is 105 cm³/mol. The number of allylic oxidation sites excluding steroid dienone is 2. The zero-order chi connectivity index (χ0) is 19.6. The lowest BCUT2D eigenvalue weighted by Crippen LogP contribution is -2.02. The van der Waals surface area contributed by atoms with Crippen LogP contribution in [0.3, 0.4) is 0 Å². The van der Waals surface area contributed by atoms with Gasteiger partial charge >= 0.3 is 5.97 Å². The van der Waals surface area contributed by atoms with Crippen LogP contribution in [0.2, 0.25) is 0 Å². The van der Waals surface area contributed by atoms with Crippen molar-refractivity contribution in [3.63, 3.8) is 0 Å².